The number of nitrogens with zero attached hydrogens (tertiary/aromatic N) is 1. The van der Waals surface area contributed by atoms with Crippen LogP contribution in [0.5, 0.6) is 5.75 Å². The number of hydrogen-bond donors (Lipinski definition) is 1. The highest BCUT2D eigenvalue weighted by molar-refractivity contribution is 6.46. The molecule has 33 heavy (non-hydrogen) atoms. The van der Waals surface area contributed by atoms with Gasteiger partial charge in [-0.25, -0.2) is 0 Å². The van der Waals surface area contributed by atoms with Crippen LogP contribution in [-0.2, 0) is 16.1 Å². The summed E-state index contributed by atoms with van der Waals surface area (Å²) in [6, 6.07) is 17.2. The van der Waals surface area contributed by atoms with Crippen LogP contribution in [0, 0.1) is 12.8 Å². The minimum absolute atomic E-state index is 0.0573. The number of aryl methyl sites for hydroxylation is 1. The van der Waals surface area contributed by atoms with Crippen LogP contribution in [0.1, 0.15) is 42.3 Å². The summed E-state index contributed by atoms with van der Waals surface area (Å²) in [6.07, 6.45) is 1.53. The third kappa shape index (κ3) is 4.55. The Morgan fingerprint density at radius 3 is 2.58 bits per heavy atom. The average Bonchev–Trinajstić information content (AvgIpc) is 3.40. The number of furan rings is 1. The van der Waals surface area contributed by atoms with E-state index in [-0.39, 0.29) is 17.9 Å². The van der Waals surface area contributed by atoms with Gasteiger partial charge >= 0.3 is 0 Å². The molecule has 1 unspecified atom stereocenters. The SMILES string of the molecule is Cc1ccccc1C1/C(=C(\O)c2cccc(OCC(C)C)c2)C(=O)C(=O)N1Cc1ccco1. The Hall–Kier alpha value is -3.80. The highest BCUT2D eigenvalue weighted by atomic mass is 16.5. The minimum Gasteiger partial charge on any atom is -0.507 e. The summed E-state index contributed by atoms with van der Waals surface area (Å²) in [5.74, 6) is -0.132. The van der Waals surface area contributed by atoms with Gasteiger partial charge in [-0.15, -0.1) is 0 Å². The number of amides is 1. The first-order chi connectivity index (χ1) is 15.9. The van der Waals surface area contributed by atoms with Crippen LogP contribution in [0.25, 0.3) is 5.76 Å². The predicted molar refractivity (Wildman–Crippen MR) is 125 cm³/mol. The maximum absolute atomic E-state index is 13.2. The van der Waals surface area contributed by atoms with Gasteiger partial charge in [0, 0.05) is 5.56 Å². The van der Waals surface area contributed by atoms with Crippen molar-refractivity contribution in [2.24, 2.45) is 5.92 Å². The molecule has 170 valence electrons. The number of carbonyl (C=O) groups excluding carboxylic acids is 2. The van der Waals surface area contributed by atoms with Gasteiger partial charge in [-0.05, 0) is 48.2 Å². The van der Waals surface area contributed by atoms with E-state index in [1.54, 1.807) is 36.4 Å². The first-order valence-corrected chi connectivity index (χ1v) is 11.0. The van der Waals surface area contributed by atoms with Gasteiger partial charge in [0.25, 0.3) is 11.7 Å². The fourth-order valence-electron chi connectivity index (χ4n) is 3.98. The van der Waals surface area contributed by atoms with E-state index in [1.165, 1.54) is 11.2 Å². The number of likely N-dealkylation sites (tertiary alicyclic amines) is 1. The molecule has 1 aliphatic rings. The van der Waals surface area contributed by atoms with Crippen LogP contribution in [0.15, 0.2) is 76.9 Å². The van der Waals surface area contributed by atoms with Crippen molar-refractivity contribution in [2.45, 2.75) is 33.4 Å². The number of rotatable bonds is 7. The maximum Gasteiger partial charge on any atom is 0.296 e. The van der Waals surface area contributed by atoms with E-state index < -0.39 is 17.7 Å². The van der Waals surface area contributed by atoms with Crippen LogP contribution in [-0.4, -0.2) is 28.3 Å². The van der Waals surface area contributed by atoms with Crippen LogP contribution >= 0.6 is 0 Å². The second-order valence-corrected chi connectivity index (χ2v) is 8.60. The molecule has 6 heteroatoms. The maximum atomic E-state index is 13.2. The van der Waals surface area contributed by atoms with Gasteiger partial charge in [0.15, 0.2) is 0 Å². The molecule has 1 atom stereocenters. The minimum atomic E-state index is -0.739. The molecular weight excluding hydrogens is 418 g/mol. The highest BCUT2D eigenvalue weighted by Gasteiger charge is 2.46. The van der Waals surface area contributed by atoms with Gasteiger partial charge < -0.3 is 19.2 Å². The van der Waals surface area contributed by atoms with E-state index in [1.807, 2.05) is 45.0 Å². The zero-order valence-corrected chi connectivity index (χ0v) is 18.9. The monoisotopic (exact) mass is 445 g/mol. The fraction of sp³-hybridized carbons (Fsp3) is 0.259. The van der Waals surface area contributed by atoms with Crippen molar-refractivity contribution in [1.82, 2.24) is 4.90 Å². The zero-order chi connectivity index (χ0) is 23.5. The second kappa shape index (κ2) is 9.36. The molecule has 1 fully saturated rings. The molecule has 2 aromatic carbocycles. The molecule has 0 saturated carbocycles. The number of hydrogen-bond acceptors (Lipinski definition) is 5. The topological polar surface area (TPSA) is 80.0 Å². The van der Waals surface area contributed by atoms with Gasteiger partial charge in [0.2, 0.25) is 0 Å². The molecule has 0 bridgehead atoms. The van der Waals surface area contributed by atoms with E-state index in [4.69, 9.17) is 9.15 Å². The van der Waals surface area contributed by atoms with Gasteiger partial charge in [-0.1, -0.05) is 50.2 Å². The summed E-state index contributed by atoms with van der Waals surface area (Å²) in [5, 5.41) is 11.3. The molecule has 0 radical (unpaired) electrons. The van der Waals surface area contributed by atoms with Gasteiger partial charge in [-0.3, -0.25) is 9.59 Å². The zero-order valence-electron chi connectivity index (χ0n) is 18.9. The molecule has 6 nitrogen and oxygen atoms in total. The standard InChI is InChI=1S/C27H27NO5/c1-17(2)16-33-20-10-6-9-19(14-20)25(29)23-24(22-12-5-4-8-18(22)3)28(27(31)26(23)30)15-21-11-7-13-32-21/h4-14,17,24,29H,15-16H2,1-3H3/b25-23+. The smallest absolute Gasteiger partial charge is 0.296 e. The van der Waals surface area contributed by atoms with E-state index in [2.05, 4.69) is 0 Å². The van der Waals surface area contributed by atoms with Crippen LogP contribution in [0.4, 0.5) is 0 Å². The van der Waals surface area contributed by atoms with E-state index in [9.17, 15) is 14.7 Å². The van der Waals surface area contributed by atoms with Crippen molar-refractivity contribution in [3.8, 4) is 5.75 Å². The summed E-state index contributed by atoms with van der Waals surface area (Å²) in [7, 11) is 0. The third-order valence-corrected chi connectivity index (χ3v) is 5.62. The summed E-state index contributed by atoms with van der Waals surface area (Å²) in [4.78, 5) is 27.7. The second-order valence-electron chi connectivity index (χ2n) is 8.60. The Kier molecular flexibility index (Phi) is 6.36. The predicted octanol–water partition coefficient (Wildman–Crippen LogP) is 5.24. The first-order valence-electron chi connectivity index (χ1n) is 11.0. The summed E-state index contributed by atoms with van der Waals surface area (Å²) in [5.41, 5.74) is 2.17. The molecule has 2 heterocycles. The normalized spacial score (nSPS) is 17.7. The number of carbonyl (C=O) groups is 2. The molecule has 1 saturated heterocycles. The summed E-state index contributed by atoms with van der Waals surface area (Å²) in [6.45, 7) is 6.66. The molecule has 1 aliphatic heterocycles. The lowest BCUT2D eigenvalue weighted by molar-refractivity contribution is -0.140. The Morgan fingerprint density at radius 2 is 1.88 bits per heavy atom. The van der Waals surface area contributed by atoms with Gasteiger partial charge in [0.05, 0.1) is 31.0 Å². The van der Waals surface area contributed by atoms with Crippen LogP contribution in [0.3, 0.4) is 0 Å². The van der Waals surface area contributed by atoms with Crippen molar-refractivity contribution >= 4 is 17.4 Å². The van der Waals surface area contributed by atoms with Crippen molar-refractivity contribution < 1.29 is 23.8 Å². The largest absolute Gasteiger partial charge is 0.507 e. The molecule has 4 rings (SSSR count). The Labute approximate surface area is 193 Å². The Morgan fingerprint density at radius 1 is 1.09 bits per heavy atom. The number of Topliss-reactive ketones (excluding diaryl/α,β-unsaturated/α-hetero) is 1. The van der Waals surface area contributed by atoms with Crippen LogP contribution in [0.2, 0.25) is 0 Å². The quantitative estimate of drug-likeness (QED) is 0.305. The molecule has 1 N–H and O–H groups in total. The van der Waals surface area contributed by atoms with Crippen molar-refractivity contribution in [3.05, 3.63) is 95.0 Å². The van der Waals surface area contributed by atoms with E-state index >= 15 is 0 Å². The van der Waals surface area contributed by atoms with Crippen molar-refractivity contribution in [1.29, 1.82) is 0 Å². The van der Waals surface area contributed by atoms with E-state index in [0.29, 0.717) is 29.6 Å². The molecule has 3 aromatic rings. The van der Waals surface area contributed by atoms with Crippen molar-refractivity contribution in [2.75, 3.05) is 6.61 Å². The molecule has 0 aliphatic carbocycles. The van der Waals surface area contributed by atoms with Gasteiger partial charge in [-0.2, -0.15) is 0 Å². The molecular formula is C27H27NO5. The first kappa shape index (κ1) is 22.4. The lowest BCUT2D eigenvalue weighted by atomic mass is 9.92. The molecule has 1 aromatic heterocycles. The van der Waals surface area contributed by atoms with Crippen molar-refractivity contribution in [3.63, 3.8) is 0 Å². The van der Waals surface area contributed by atoms with E-state index in [0.717, 1.165) is 11.1 Å². The highest BCUT2D eigenvalue weighted by Crippen LogP contribution is 2.41. The average molecular weight is 446 g/mol. The lowest BCUT2D eigenvalue weighted by Crippen LogP contribution is -2.29. The number of ether oxygens (including phenoxy) is 1. The third-order valence-electron chi connectivity index (χ3n) is 5.62. The molecule has 0 spiro atoms. The Balaban J connectivity index is 1.81. The summed E-state index contributed by atoms with van der Waals surface area (Å²) >= 11 is 0. The number of benzene rings is 2. The fourth-order valence-corrected chi connectivity index (χ4v) is 3.98. The van der Waals surface area contributed by atoms with Crippen LogP contribution < -0.4 is 4.74 Å². The van der Waals surface area contributed by atoms with Gasteiger partial charge in [0.1, 0.15) is 17.3 Å². The number of ketones is 1. The Bertz CT molecular complexity index is 1190. The summed E-state index contributed by atoms with van der Waals surface area (Å²) < 4.78 is 11.2. The number of aliphatic hydroxyl groups excluding tert-OH is 1. The molecule has 1 amide bonds. The number of aliphatic hydroxyl groups is 1. The lowest BCUT2D eigenvalue weighted by Gasteiger charge is -2.25.